The Hall–Kier alpha value is -16.9. The number of hydrogen-bond acceptors (Lipinski definition) is 22. The van der Waals surface area contributed by atoms with Gasteiger partial charge in [0, 0.05) is 68.7 Å². The number of allylic oxidation sites excluding steroid dienone is 2. The number of aliphatic hydroxyl groups is 2. The Bertz CT molecular complexity index is 5710. The zero-order chi connectivity index (χ0) is 111. The third-order valence-electron chi connectivity index (χ3n) is 21.1. The molecule has 0 aliphatic rings. The maximum Gasteiger partial charge on any atom is 0.335 e. The van der Waals surface area contributed by atoms with Crippen LogP contribution in [0.4, 0.5) is 0 Å². The van der Waals surface area contributed by atoms with Crippen molar-refractivity contribution >= 4 is 144 Å². The molecule has 5 amide bonds. The molecule has 147 heavy (non-hydrogen) atoms. The molecule has 9 aromatic rings. The number of rotatable bonds is 38. The second-order valence-corrected chi connectivity index (χ2v) is 34.7. The molecule has 0 saturated carbocycles. The van der Waals surface area contributed by atoms with Crippen LogP contribution in [-0.4, -0.2) is 177 Å². The standard InChI is InChI=1S/C17H23NO3.C16H21NO4.C16H21NO3.C15H19NO4.C11H11NO2.C11H10O3.C11H12O2.C10H10O3.C8H6O3/c1-17(2,16(20)21-4)12-11-14-7-5-13(6-8-14)9-10-15(19)18-3;1-16(2,15(19)21-3)11-10-13-6-4-12(5-7-13)8-9-14(18)17-20;1-16(2,15(19)20)11-10-13-6-4-12(5-7-13)8-9-14(18)17-3;1-15(2,14(18)19)10-9-12-5-3-11(4-6-12)7-8-13(17)16-20;1-12-11(14)7-6-9-2-4-10(8-13)5-3-9;1-8(12)2-3-9-4-6-10(7-5-9)11(13)14;1-9(13)2-3-10-4-6-11(8-12)7-5-10;11-7-9-3-1-8(2-4-9)5-6-10(12)13;9-5-6-1-3-7(4-2-6)8(10)11/h5-10H,11-12H2,1-4H3,(H,18,19);4-9,20H,10-11H2,1-3H3,(H,17,18);4-9H,10-11H2,1-3H3,(H,17,18)(H,19,20);3-8,20H,9-10H2,1-2H3,(H,16,17)(H,18,19);2-8H,1H3,(H,12,14);2-7H,1H3,(H,13,14);2-7,12H,8H2,1H3;1-6,11H,7H2,(H,12,13);1-5H,(H,10,11)/b10-9+;2*9-8+;8-7+;7-6+;2*3-2+;6-5+;. The summed E-state index contributed by atoms with van der Waals surface area (Å²) < 4.78 is 9.58. The highest BCUT2D eigenvalue weighted by Gasteiger charge is 2.30. The second kappa shape index (κ2) is 69.9. The number of aryl methyl sites for hydroxylation is 4. The predicted molar refractivity (Wildman–Crippen MR) is 566 cm³/mol. The third kappa shape index (κ3) is 57.1. The highest BCUT2D eigenvalue weighted by molar-refractivity contribution is 5.96. The van der Waals surface area contributed by atoms with Crippen LogP contribution in [-0.2, 0) is 106 Å². The maximum atomic E-state index is 11.6. The van der Waals surface area contributed by atoms with Gasteiger partial charge in [0.25, 0.3) is 11.8 Å². The molecule has 0 aliphatic carbocycles. The number of ketones is 2. The van der Waals surface area contributed by atoms with Gasteiger partial charge >= 0.3 is 41.8 Å². The number of aliphatic carboxylic acids is 3. The first kappa shape index (κ1) is 128. The average molecular weight is 2020 g/mol. The van der Waals surface area contributed by atoms with Gasteiger partial charge in [-0.15, -0.1) is 0 Å². The number of carboxylic acid groups (broad SMARTS) is 5. The molecule has 780 valence electrons. The molecule has 0 radical (unpaired) electrons. The Morgan fingerprint density at radius 1 is 0.272 bits per heavy atom. The summed E-state index contributed by atoms with van der Waals surface area (Å²) in [6, 6.07) is 64.2. The lowest BCUT2D eigenvalue weighted by atomic mass is 9.86. The fraction of sp³-hybridized carbons (Fsp3) is 0.252. The number of carbonyl (C=O) groups excluding carboxylic acids is 11. The van der Waals surface area contributed by atoms with Crippen LogP contribution in [0.15, 0.2) is 267 Å². The number of aromatic carboxylic acids is 2. The fourth-order valence-electron chi connectivity index (χ4n) is 11.4. The zero-order valence-electron chi connectivity index (χ0n) is 85.1. The summed E-state index contributed by atoms with van der Waals surface area (Å²) in [4.78, 5) is 173. The molecule has 0 aromatic heterocycles. The van der Waals surface area contributed by atoms with Gasteiger partial charge in [0.15, 0.2) is 11.6 Å². The van der Waals surface area contributed by atoms with E-state index in [1.54, 1.807) is 152 Å². The molecule has 14 N–H and O–H groups in total. The summed E-state index contributed by atoms with van der Waals surface area (Å²) in [5.74, 6) is -6.45. The van der Waals surface area contributed by atoms with Crippen molar-refractivity contribution in [2.75, 3.05) is 35.4 Å². The van der Waals surface area contributed by atoms with Gasteiger partial charge in [-0.1, -0.05) is 206 Å². The fourth-order valence-corrected chi connectivity index (χ4v) is 11.4. The van der Waals surface area contributed by atoms with Crippen molar-refractivity contribution in [2.45, 2.75) is 134 Å². The molecule has 0 heterocycles. The molecule has 9 aromatic carbocycles. The van der Waals surface area contributed by atoms with Crippen molar-refractivity contribution in [1.29, 1.82) is 0 Å². The number of esters is 2. The van der Waals surface area contributed by atoms with Crippen molar-refractivity contribution in [1.82, 2.24) is 26.9 Å². The number of methoxy groups -OCH3 is 2. The summed E-state index contributed by atoms with van der Waals surface area (Å²) in [5, 5.41) is 85.3. The van der Waals surface area contributed by atoms with Crippen molar-refractivity contribution in [2.24, 2.45) is 21.7 Å². The number of likely N-dealkylation sites (N-methyl/N-ethyl adjacent to an activating group) is 3. The molecule has 0 spiro atoms. The Kier molecular flexibility index (Phi) is 60.9. The predicted octanol–water partition coefficient (Wildman–Crippen LogP) is 17.2. The van der Waals surface area contributed by atoms with Gasteiger partial charge in [0.1, 0.15) is 12.6 Å². The number of hydrogen-bond donors (Lipinski definition) is 14. The Balaban J connectivity index is 0.000000833. The minimum absolute atomic E-state index is 0.00290. The van der Waals surface area contributed by atoms with Crippen LogP contribution in [0, 0.1) is 21.7 Å². The zero-order valence-corrected chi connectivity index (χ0v) is 85.1. The lowest BCUT2D eigenvalue weighted by Gasteiger charge is -2.21. The van der Waals surface area contributed by atoms with E-state index in [0.717, 1.165) is 116 Å². The van der Waals surface area contributed by atoms with Crippen molar-refractivity contribution < 1.29 is 132 Å². The molecule has 32 heteroatoms. The average Bonchev–Trinajstić information content (AvgIpc) is 0.872. The van der Waals surface area contributed by atoms with Gasteiger partial charge in [-0.25, -0.2) is 25.3 Å². The first-order chi connectivity index (χ1) is 69.5. The number of carbonyl (C=O) groups is 16. The van der Waals surface area contributed by atoms with Crippen LogP contribution in [0.2, 0.25) is 0 Å². The van der Waals surface area contributed by atoms with Crippen molar-refractivity contribution in [3.8, 4) is 0 Å². The van der Waals surface area contributed by atoms with E-state index in [9.17, 15) is 76.7 Å². The molecule has 0 atom stereocenters. The van der Waals surface area contributed by atoms with E-state index < -0.39 is 63.3 Å². The Morgan fingerprint density at radius 3 is 0.653 bits per heavy atom. The summed E-state index contributed by atoms with van der Waals surface area (Å²) >= 11 is 0. The van der Waals surface area contributed by atoms with E-state index in [2.05, 4.69) is 16.0 Å². The third-order valence-corrected chi connectivity index (χ3v) is 21.1. The highest BCUT2D eigenvalue weighted by atomic mass is 16.5. The number of aldehydes is 2. The van der Waals surface area contributed by atoms with E-state index >= 15 is 0 Å². The van der Waals surface area contributed by atoms with E-state index in [1.165, 1.54) is 124 Å². The number of nitrogens with one attached hydrogen (secondary N) is 5. The molecular formula is C115H133N5O27. The Labute approximate surface area is 856 Å². The van der Waals surface area contributed by atoms with Crippen LogP contribution in [0.1, 0.15) is 214 Å². The van der Waals surface area contributed by atoms with Gasteiger partial charge in [-0.2, -0.15) is 0 Å². The van der Waals surface area contributed by atoms with Gasteiger partial charge in [-0.3, -0.25) is 72.7 Å². The van der Waals surface area contributed by atoms with Gasteiger partial charge < -0.3 is 61.2 Å². The molecule has 0 unspecified atom stereocenters. The number of amides is 5. The molecule has 32 nitrogen and oxygen atoms in total. The van der Waals surface area contributed by atoms with Gasteiger partial charge in [-0.05, 0) is 271 Å². The largest absolute Gasteiger partial charge is 0.481 e. The van der Waals surface area contributed by atoms with Crippen LogP contribution < -0.4 is 26.9 Å². The van der Waals surface area contributed by atoms with Crippen LogP contribution in [0.3, 0.4) is 0 Å². The molecule has 9 rings (SSSR count). The monoisotopic (exact) mass is 2020 g/mol. The topological polar surface area (TPSA) is 534 Å². The normalized spacial score (nSPS) is 10.9. The summed E-state index contributed by atoms with van der Waals surface area (Å²) in [6.45, 7) is 17.4. The molecule has 0 aliphatic heterocycles. The van der Waals surface area contributed by atoms with Crippen molar-refractivity contribution in [3.05, 3.63) is 367 Å². The SMILES string of the molecule is CC(=O)/C=C/c1ccc(C(=O)O)cc1.CC(=O)/C=C/c1ccc(CO)cc1.CC(C)(CCc1ccc(/C=C/C(=O)NO)cc1)C(=O)O.CNC(=O)/C=C/c1ccc(C=O)cc1.CNC(=O)/C=C/c1ccc(CCC(C)(C)C(=O)O)cc1.CNC(=O)/C=C/c1ccc(CCC(C)(C)C(=O)OC)cc1.COC(=O)C(C)(C)CCc1ccc(/C=C/C(=O)NO)cc1.O=C(O)/C=C/c1ccc(CO)cc1.O=Cc1ccc(C(=O)O)cc1. The number of benzene rings is 9. The number of ether oxygens (including phenoxy) is 2. The lowest BCUT2D eigenvalue weighted by Crippen LogP contribution is -2.26. The van der Waals surface area contributed by atoms with E-state index in [1.807, 2.05) is 149 Å². The van der Waals surface area contributed by atoms with E-state index in [0.29, 0.717) is 43.1 Å². The van der Waals surface area contributed by atoms with Gasteiger partial charge in [0.2, 0.25) is 17.7 Å². The van der Waals surface area contributed by atoms with Gasteiger partial charge in [0.05, 0.1) is 60.2 Å². The Morgan fingerprint density at radius 2 is 0.463 bits per heavy atom. The first-order valence-electron chi connectivity index (χ1n) is 45.8. The lowest BCUT2D eigenvalue weighted by molar-refractivity contribution is -0.151. The summed E-state index contributed by atoms with van der Waals surface area (Å²) in [6.07, 6.45) is 31.2. The second-order valence-electron chi connectivity index (χ2n) is 34.7. The molecular weight excluding hydrogens is 1880 g/mol. The first-order valence-corrected chi connectivity index (χ1v) is 45.8. The molecule has 0 bridgehead atoms. The quantitative estimate of drug-likeness (QED) is 0.00562. The molecule has 0 fully saturated rings. The smallest absolute Gasteiger partial charge is 0.335 e. The number of hydroxylamine groups is 2. The minimum atomic E-state index is -0.984. The van der Waals surface area contributed by atoms with Crippen molar-refractivity contribution in [3.63, 3.8) is 0 Å². The number of aliphatic hydroxyl groups excluding tert-OH is 2. The summed E-state index contributed by atoms with van der Waals surface area (Å²) in [5.41, 5.74) is 15.3. The minimum Gasteiger partial charge on any atom is -0.481 e. The highest BCUT2D eigenvalue weighted by Crippen LogP contribution is 2.29. The van der Waals surface area contributed by atoms with Crippen LogP contribution >= 0.6 is 0 Å². The molecule has 0 saturated heterocycles. The maximum absolute atomic E-state index is 11.6. The summed E-state index contributed by atoms with van der Waals surface area (Å²) in [7, 11) is 7.56. The van der Waals surface area contributed by atoms with E-state index in [4.69, 9.17) is 55.6 Å². The number of carboxylic acids is 5. The van der Waals surface area contributed by atoms with Crippen LogP contribution in [0.5, 0.6) is 0 Å². The van der Waals surface area contributed by atoms with Crippen LogP contribution in [0.25, 0.3) is 48.6 Å². The van der Waals surface area contributed by atoms with E-state index in [-0.39, 0.29) is 65.6 Å².